The fraction of sp³-hybridized carbons (Fsp3) is 0.222. The number of phenols is 2. The van der Waals surface area contributed by atoms with E-state index in [-0.39, 0.29) is 22.8 Å². The van der Waals surface area contributed by atoms with Crippen molar-refractivity contribution in [3.05, 3.63) is 23.8 Å². The van der Waals surface area contributed by atoms with Crippen molar-refractivity contribution in [1.29, 1.82) is 0 Å². The molecular weight excluding hydrogens is 188 g/mol. The van der Waals surface area contributed by atoms with Crippen LogP contribution in [-0.4, -0.2) is 28.0 Å². The number of carbonyl (C=O) groups excluding carboxylic acids is 1. The predicted molar refractivity (Wildman–Crippen MR) is 52.5 cm³/mol. The normalized spacial score (nSPS) is 9.92. The van der Waals surface area contributed by atoms with Gasteiger partial charge in [0.25, 0.3) is 0 Å². The lowest BCUT2D eigenvalue weighted by Crippen LogP contribution is -2.01. The zero-order chi connectivity index (χ0) is 9.84. The fourth-order valence-corrected chi connectivity index (χ4v) is 1.38. The molecule has 0 saturated carbocycles. The molecule has 4 heteroatoms. The van der Waals surface area contributed by atoms with Crippen LogP contribution in [0, 0.1) is 0 Å². The van der Waals surface area contributed by atoms with Gasteiger partial charge in [0.15, 0.2) is 5.78 Å². The number of phenolic OH excluding ortho intramolecular Hbond substituents is 2. The monoisotopic (exact) mass is 198 g/mol. The van der Waals surface area contributed by atoms with Crippen LogP contribution in [0.4, 0.5) is 0 Å². The minimum atomic E-state index is -0.168. The summed E-state index contributed by atoms with van der Waals surface area (Å²) >= 11 is 1.39. The Hall–Kier alpha value is -1.16. The summed E-state index contributed by atoms with van der Waals surface area (Å²) in [7, 11) is 0. The lowest BCUT2D eigenvalue weighted by Gasteiger charge is -2.02. The first kappa shape index (κ1) is 9.92. The molecule has 0 unspecified atom stereocenters. The van der Waals surface area contributed by atoms with E-state index in [1.807, 2.05) is 6.26 Å². The Morgan fingerprint density at radius 2 is 2.15 bits per heavy atom. The van der Waals surface area contributed by atoms with Crippen molar-refractivity contribution in [2.45, 2.75) is 0 Å². The number of Topliss-reactive ketones (excluding diaryl/α,β-unsaturated/α-hetero) is 1. The second-order valence-electron chi connectivity index (χ2n) is 2.56. The van der Waals surface area contributed by atoms with Crippen molar-refractivity contribution in [3.8, 4) is 11.5 Å². The standard InChI is InChI=1S/C9H10O3S/c1-13-5-9(12)7-3-2-6(10)4-8(7)11/h2-4,10-11H,5H2,1H3. The number of rotatable bonds is 3. The van der Waals surface area contributed by atoms with E-state index >= 15 is 0 Å². The van der Waals surface area contributed by atoms with E-state index in [0.717, 1.165) is 6.07 Å². The van der Waals surface area contributed by atoms with Gasteiger partial charge in [-0.2, -0.15) is 11.8 Å². The van der Waals surface area contributed by atoms with Crippen molar-refractivity contribution in [2.24, 2.45) is 0 Å². The predicted octanol–water partition coefficient (Wildman–Crippen LogP) is 1.64. The molecule has 1 rings (SSSR count). The molecule has 1 aromatic carbocycles. The van der Waals surface area contributed by atoms with E-state index in [1.165, 1.54) is 23.9 Å². The lowest BCUT2D eigenvalue weighted by atomic mass is 10.1. The third-order valence-corrected chi connectivity index (χ3v) is 2.11. The maximum absolute atomic E-state index is 11.3. The second kappa shape index (κ2) is 4.18. The highest BCUT2D eigenvalue weighted by Crippen LogP contribution is 2.23. The fourth-order valence-electron chi connectivity index (χ4n) is 0.965. The molecule has 0 heterocycles. The van der Waals surface area contributed by atoms with Crippen molar-refractivity contribution in [3.63, 3.8) is 0 Å². The smallest absolute Gasteiger partial charge is 0.176 e. The SMILES string of the molecule is CSCC(=O)c1ccc(O)cc1O. The summed E-state index contributed by atoms with van der Waals surface area (Å²) < 4.78 is 0. The van der Waals surface area contributed by atoms with E-state index in [0.29, 0.717) is 5.75 Å². The largest absolute Gasteiger partial charge is 0.508 e. The molecule has 0 aliphatic rings. The van der Waals surface area contributed by atoms with Crippen molar-refractivity contribution in [1.82, 2.24) is 0 Å². The van der Waals surface area contributed by atoms with Gasteiger partial charge in [-0.1, -0.05) is 0 Å². The van der Waals surface area contributed by atoms with E-state index in [9.17, 15) is 9.90 Å². The molecule has 13 heavy (non-hydrogen) atoms. The molecule has 0 aliphatic heterocycles. The van der Waals surface area contributed by atoms with E-state index in [2.05, 4.69) is 0 Å². The Labute approximate surface area is 80.4 Å². The summed E-state index contributed by atoms with van der Waals surface area (Å²) in [5.74, 6) is -0.0135. The molecule has 0 saturated heterocycles. The number of ketones is 1. The number of benzene rings is 1. The maximum Gasteiger partial charge on any atom is 0.176 e. The first-order chi connectivity index (χ1) is 6.15. The highest BCUT2D eigenvalue weighted by atomic mass is 32.2. The highest BCUT2D eigenvalue weighted by molar-refractivity contribution is 7.99. The summed E-state index contributed by atoms with van der Waals surface area (Å²) in [4.78, 5) is 11.3. The average Bonchev–Trinajstić information content (AvgIpc) is 2.04. The lowest BCUT2D eigenvalue weighted by molar-refractivity contribution is 0.102. The molecular formula is C9H10O3S. The molecule has 0 aromatic heterocycles. The minimum Gasteiger partial charge on any atom is -0.508 e. The van der Waals surface area contributed by atoms with Crippen LogP contribution in [0.15, 0.2) is 18.2 Å². The van der Waals surface area contributed by atoms with Gasteiger partial charge in [-0.05, 0) is 18.4 Å². The summed E-state index contributed by atoms with van der Waals surface area (Å²) in [5.41, 5.74) is 0.257. The number of carbonyl (C=O) groups is 1. The van der Waals surface area contributed by atoms with Gasteiger partial charge in [-0.15, -0.1) is 0 Å². The molecule has 2 N–H and O–H groups in total. The van der Waals surface area contributed by atoms with Gasteiger partial charge in [0.1, 0.15) is 11.5 Å². The Morgan fingerprint density at radius 1 is 1.46 bits per heavy atom. The molecule has 70 valence electrons. The minimum absolute atomic E-state index is 0.0433. The molecule has 0 fully saturated rings. The third kappa shape index (κ3) is 2.39. The zero-order valence-electron chi connectivity index (χ0n) is 7.15. The van der Waals surface area contributed by atoms with Crippen molar-refractivity contribution < 1.29 is 15.0 Å². The van der Waals surface area contributed by atoms with Gasteiger partial charge < -0.3 is 10.2 Å². The summed E-state index contributed by atoms with van der Waals surface area (Å²) in [5, 5.41) is 18.3. The molecule has 0 spiro atoms. The summed E-state index contributed by atoms with van der Waals surface area (Å²) in [6, 6.07) is 3.96. The first-order valence-electron chi connectivity index (χ1n) is 3.69. The van der Waals surface area contributed by atoms with Crippen molar-refractivity contribution >= 4 is 17.5 Å². The van der Waals surface area contributed by atoms with Crippen LogP contribution >= 0.6 is 11.8 Å². The summed E-state index contributed by atoms with van der Waals surface area (Å²) in [6.45, 7) is 0. The number of thioether (sulfide) groups is 1. The second-order valence-corrected chi connectivity index (χ2v) is 3.42. The average molecular weight is 198 g/mol. The zero-order valence-corrected chi connectivity index (χ0v) is 7.97. The van der Waals surface area contributed by atoms with Gasteiger partial charge >= 0.3 is 0 Å². The molecule has 0 aliphatic carbocycles. The Kier molecular flexibility index (Phi) is 3.19. The number of hydrogen-bond acceptors (Lipinski definition) is 4. The highest BCUT2D eigenvalue weighted by Gasteiger charge is 2.10. The van der Waals surface area contributed by atoms with E-state index in [1.54, 1.807) is 0 Å². The van der Waals surface area contributed by atoms with E-state index < -0.39 is 0 Å². The van der Waals surface area contributed by atoms with Crippen LogP contribution in [-0.2, 0) is 0 Å². The molecule has 0 radical (unpaired) electrons. The van der Waals surface area contributed by atoms with Crippen LogP contribution in [0.3, 0.4) is 0 Å². The van der Waals surface area contributed by atoms with Gasteiger partial charge in [0.05, 0.1) is 11.3 Å². The van der Waals surface area contributed by atoms with Crippen LogP contribution in [0.5, 0.6) is 11.5 Å². The van der Waals surface area contributed by atoms with Gasteiger partial charge in [0, 0.05) is 6.07 Å². The topological polar surface area (TPSA) is 57.5 Å². The van der Waals surface area contributed by atoms with Crippen LogP contribution in [0.25, 0.3) is 0 Å². The van der Waals surface area contributed by atoms with E-state index in [4.69, 9.17) is 5.11 Å². The molecule has 3 nitrogen and oxygen atoms in total. The van der Waals surface area contributed by atoms with Gasteiger partial charge in [-0.3, -0.25) is 4.79 Å². The molecule has 0 bridgehead atoms. The van der Waals surface area contributed by atoms with Crippen LogP contribution < -0.4 is 0 Å². The first-order valence-corrected chi connectivity index (χ1v) is 5.08. The summed E-state index contributed by atoms with van der Waals surface area (Å²) in [6.07, 6.45) is 1.81. The number of hydrogen-bond donors (Lipinski definition) is 2. The third-order valence-electron chi connectivity index (χ3n) is 1.56. The van der Waals surface area contributed by atoms with Crippen LogP contribution in [0.1, 0.15) is 10.4 Å². The molecule has 1 aromatic rings. The van der Waals surface area contributed by atoms with Gasteiger partial charge in [-0.25, -0.2) is 0 Å². The van der Waals surface area contributed by atoms with Gasteiger partial charge in [0.2, 0.25) is 0 Å². The Morgan fingerprint density at radius 3 is 2.69 bits per heavy atom. The Balaban J connectivity index is 2.95. The van der Waals surface area contributed by atoms with Crippen LogP contribution in [0.2, 0.25) is 0 Å². The molecule has 0 atom stereocenters. The quantitative estimate of drug-likeness (QED) is 0.725. The maximum atomic E-state index is 11.3. The molecule has 0 amide bonds. The van der Waals surface area contributed by atoms with Crippen molar-refractivity contribution in [2.75, 3.05) is 12.0 Å². The Bertz CT molecular complexity index is 323. The number of aromatic hydroxyl groups is 2.